The third-order valence-corrected chi connectivity index (χ3v) is 17.2. The molecule has 3 N–H and O–H groups in total. The minimum atomic E-state index is -4.95. The molecule has 17 nitrogen and oxygen atoms in total. The normalized spacial score (nSPS) is 14.6. The van der Waals surface area contributed by atoms with Gasteiger partial charge in [0, 0.05) is 25.7 Å². The molecule has 0 bridgehead atoms. The molecule has 0 amide bonds. The largest absolute Gasteiger partial charge is 0.472 e. The van der Waals surface area contributed by atoms with Gasteiger partial charge in [-0.25, -0.2) is 9.13 Å². The zero-order chi connectivity index (χ0) is 62.2. The second-order valence-electron chi connectivity index (χ2n) is 24.2. The fraction of sp³-hybridized carbons (Fsp3) is 0.938. The van der Waals surface area contributed by atoms with E-state index in [9.17, 15) is 43.2 Å². The highest BCUT2D eigenvalue weighted by Crippen LogP contribution is 2.45. The van der Waals surface area contributed by atoms with Crippen LogP contribution in [0.5, 0.6) is 0 Å². The van der Waals surface area contributed by atoms with Crippen molar-refractivity contribution in [3.8, 4) is 0 Å². The minimum absolute atomic E-state index is 0.106. The summed E-state index contributed by atoms with van der Waals surface area (Å²) in [6.45, 7) is 9.47. The van der Waals surface area contributed by atoms with Crippen LogP contribution in [0.4, 0.5) is 0 Å². The molecule has 0 aromatic rings. The van der Waals surface area contributed by atoms with Crippen molar-refractivity contribution < 1.29 is 80.2 Å². The quantitative estimate of drug-likeness (QED) is 0.0222. The number of hydrogen-bond acceptors (Lipinski definition) is 15. The molecule has 0 heterocycles. The van der Waals surface area contributed by atoms with E-state index in [0.717, 1.165) is 115 Å². The van der Waals surface area contributed by atoms with E-state index in [1.165, 1.54) is 128 Å². The smallest absolute Gasteiger partial charge is 0.462 e. The zero-order valence-electron chi connectivity index (χ0n) is 54.2. The van der Waals surface area contributed by atoms with E-state index in [1.54, 1.807) is 0 Å². The van der Waals surface area contributed by atoms with Gasteiger partial charge in [0.15, 0.2) is 12.2 Å². The maximum absolute atomic E-state index is 13.0. The number of esters is 4. The maximum atomic E-state index is 13.0. The van der Waals surface area contributed by atoms with Gasteiger partial charge in [0.1, 0.15) is 19.3 Å². The van der Waals surface area contributed by atoms with E-state index in [2.05, 4.69) is 41.5 Å². The Morgan fingerprint density at radius 3 is 0.905 bits per heavy atom. The highest BCUT2D eigenvalue weighted by Gasteiger charge is 2.30. The highest BCUT2D eigenvalue weighted by atomic mass is 31.2. The minimum Gasteiger partial charge on any atom is -0.462 e. The predicted octanol–water partition coefficient (Wildman–Crippen LogP) is 18.0. The number of aliphatic hydroxyl groups is 1. The summed E-state index contributed by atoms with van der Waals surface area (Å²) in [5.74, 6) is -0.582. The van der Waals surface area contributed by atoms with Crippen LogP contribution in [0.2, 0.25) is 0 Å². The Hall–Kier alpha value is -1.94. The van der Waals surface area contributed by atoms with Crippen LogP contribution < -0.4 is 0 Å². The van der Waals surface area contributed by atoms with Crippen molar-refractivity contribution in [2.75, 3.05) is 39.6 Å². The fourth-order valence-corrected chi connectivity index (χ4v) is 11.3. The van der Waals surface area contributed by atoms with Gasteiger partial charge in [-0.05, 0) is 37.5 Å². The molecule has 0 aliphatic rings. The van der Waals surface area contributed by atoms with Gasteiger partial charge in [-0.15, -0.1) is 0 Å². The lowest BCUT2D eigenvalue weighted by Crippen LogP contribution is -2.30. The molecule has 0 aromatic carbocycles. The van der Waals surface area contributed by atoms with E-state index in [-0.39, 0.29) is 25.7 Å². The first-order chi connectivity index (χ1) is 40.4. The van der Waals surface area contributed by atoms with Gasteiger partial charge in [0.2, 0.25) is 0 Å². The first kappa shape index (κ1) is 82.1. The average Bonchev–Trinajstić information content (AvgIpc) is 3.57. The monoisotopic (exact) mass is 1240 g/mol. The van der Waals surface area contributed by atoms with Crippen LogP contribution >= 0.6 is 15.6 Å². The van der Waals surface area contributed by atoms with Gasteiger partial charge in [0.25, 0.3) is 0 Å². The number of hydrogen-bond donors (Lipinski definition) is 3. The summed E-state index contributed by atoms with van der Waals surface area (Å²) in [4.78, 5) is 72.2. The van der Waals surface area contributed by atoms with Crippen molar-refractivity contribution in [3.63, 3.8) is 0 Å². The number of carbonyl (C=O) groups excluding carboxylic acids is 4. The number of rotatable bonds is 64. The van der Waals surface area contributed by atoms with Crippen LogP contribution in [-0.4, -0.2) is 96.7 Å². The summed E-state index contributed by atoms with van der Waals surface area (Å²) in [6, 6.07) is 0. The number of aliphatic hydroxyl groups excluding tert-OH is 1. The molecule has 0 saturated carbocycles. The van der Waals surface area contributed by atoms with E-state index in [4.69, 9.17) is 37.0 Å². The highest BCUT2D eigenvalue weighted by molar-refractivity contribution is 7.47. The lowest BCUT2D eigenvalue weighted by atomic mass is 9.99. The summed E-state index contributed by atoms with van der Waals surface area (Å²) >= 11 is 0. The molecule has 0 saturated heterocycles. The number of carbonyl (C=O) groups is 4. The molecule has 0 fully saturated rings. The molecule has 0 rings (SSSR count). The fourth-order valence-electron chi connectivity index (χ4n) is 9.68. The number of ether oxygens (including phenoxy) is 4. The first-order valence-corrected chi connectivity index (χ1v) is 37.0. The molecule has 0 aliphatic carbocycles. The average molecular weight is 1240 g/mol. The van der Waals surface area contributed by atoms with Crippen LogP contribution in [0.3, 0.4) is 0 Å². The van der Waals surface area contributed by atoms with Gasteiger partial charge in [-0.3, -0.25) is 37.3 Å². The van der Waals surface area contributed by atoms with Gasteiger partial charge in [0.05, 0.1) is 26.4 Å². The summed E-state index contributed by atoms with van der Waals surface area (Å²) in [5, 5.41) is 10.5. The van der Waals surface area contributed by atoms with E-state index < -0.39 is 97.5 Å². The molecule has 0 radical (unpaired) electrons. The Kier molecular flexibility index (Phi) is 56.2. The lowest BCUT2D eigenvalue weighted by molar-refractivity contribution is -0.161. The van der Waals surface area contributed by atoms with Crippen molar-refractivity contribution >= 4 is 39.5 Å². The molecule has 6 atom stereocenters. The van der Waals surface area contributed by atoms with Crippen molar-refractivity contribution in [2.24, 2.45) is 11.8 Å². The summed E-state index contributed by atoms with van der Waals surface area (Å²) in [5.41, 5.74) is 0. The van der Waals surface area contributed by atoms with Crippen molar-refractivity contribution in [1.82, 2.24) is 0 Å². The second kappa shape index (κ2) is 57.5. The van der Waals surface area contributed by atoms with Crippen LogP contribution in [-0.2, 0) is 65.4 Å². The Morgan fingerprint density at radius 2 is 0.607 bits per heavy atom. The first-order valence-electron chi connectivity index (χ1n) is 34.0. The van der Waals surface area contributed by atoms with Crippen molar-refractivity contribution in [2.45, 2.75) is 342 Å². The van der Waals surface area contributed by atoms with E-state index in [0.29, 0.717) is 25.7 Å². The van der Waals surface area contributed by atoms with Crippen LogP contribution in [0.15, 0.2) is 0 Å². The number of phosphoric ester groups is 2. The topological polar surface area (TPSA) is 237 Å². The summed E-state index contributed by atoms with van der Waals surface area (Å²) in [6.07, 6.45) is 40.3. The molecule has 3 unspecified atom stereocenters. The summed E-state index contributed by atoms with van der Waals surface area (Å²) in [7, 11) is -9.88. The number of unbranched alkanes of at least 4 members (excludes halogenated alkanes) is 33. The van der Waals surface area contributed by atoms with Crippen LogP contribution in [0, 0.1) is 11.8 Å². The van der Waals surface area contributed by atoms with Gasteiger partial charge >= 0.3 is 39.5 Å². The van der Waals surface area contributed by atoms with Crippen molar-refractivity contribution in [1.29, 1.82) is 0 Å². The molecule has 19 heteroatoms. The van der Waals surface area contributed by atoms with Crippen LogP contribution in [0.1, 0.15) is 324 Å². The van der Waals surface area contributed by atoms with Gasteiger partial charge < -0.3 is 33.8 Å². The number of phosphoric acid groups is 2. The standard InChI is InChI=1S/C65H126O17P2/c1-7-10-12-14-16-17-23-31-37-43-49-64(69)81-60(53-75-62(67)47-41-35-27-15-13-11-8-2)55-79-83(71,72)77-51-59(66)52-78-84(73,74)80-56-61(54-76-63(68)48-42-36-30-26-25-29-34-40-46-58(6)9-3)82-65(70)50-44-38-32-24-21-19-18-20-22-28-33-39-45-57(4)5/h57-61,66H,7-56H2,1-6H3,(H,71,72)(H,73,74)/t58?,59-,60+,61+/m0/s1. The van der Waals surface area contributed by atoms with Crippen molar-refractivity contribution in [3.05, 3.63) is 0 Å². The van der Waals surface area contributed by atoms with E-state index >= 15 is 0 Å². The molecular formula is C65H126O17P2. The Bertz CT molecular complexity index is 1650. The Labute approximate surface area is 511 Å². The van der Waals surface area contributed by atoms with Gasteiger partial charge in [-0.1, -0.05) is 273 Å². The SMILES string of the molecule is CCCCCCCCCCCCC(=O)O[C@H](COC(=O)CCCCCCCCC)COP(=O)(O)OC[C@H](O)COP(=O)(O)OC[C@@H](COC(=O)CCCCCCCCCCC(C)CC)OC(=O)CCCCCCCCCCCCCCC(C)C. The molecular weight excluding hydrogens is 1110 g/mol. The molecule has 84 heavy (non-hydrogen) atoms. The van der Waals surface area contributed by atoms with Crippen LogP contribution in [0.25, 0.3) is 0 Å². The predicted molar refractivity (Wildman–Crippen MR) is 335 cm³/mol. The van der Waals surface area contributed by atoms with Gasteiger partial charge in [-0.2, -0.15) is 0 Å². The zero-order valence-corrected chi connectivity index (χ0v) is 56.0. The second-order valence-corrected chi connectivity index (χ2v) is 27.1. The lowest BCUT2D eigenvalue weighted by Gasteiger charge is -2.21. The Morgan fingerprint density at radius 1 is 0.345 bits per heavy atom. The Balaban J connectivity index is 5.22. The molecule has 498 valence electrons. The third kappa shape index (κ3) is 57.8. The third-order valence-electron chi connectivity index (χ3n) is 15.3. The molecule has 0 spiro atoms. The maximum Gasteiger partial charge on any atom is 0.472 e. The summed E-state index contributed by atoms with van der Waals surface area (Å²) < 4.78 is 68.0. The van der Waals surface area contributed by atoms with E-state index in [1.807, 2.05) is 0 Å². The molecule has 0 aliphatic heterocycles. The molecule has 0 aromatic heterocycles.